The molecular weight excluding hydrogens is 313 g/mol. The van der Waals surface area contributed by atoms with Gasteiger partial charge in [-0.25, -0.2) is 9.18 Å². The molecule has 1 unspecified atom stereocenters. The quantitative estimate of drug-likeness (QED) is 0.866. The van der Waals surface area contributed by atoms with Gasteiger partial charge in [0, 0.05) is 5.70 Å². The number of rotatable bonds is 4. The Morgan fingerprint density at radius 3 is 2.75 bits per heavy atom. The Morgan fingerprint density at radius 1 is 1.38 bits per heavy atom. The molecule has 0 radical (unpaired) electrons. The van der Waals surface area contributed by atoms with Crippen molar-refractivity contribution in [2.75, 3.05) is 11.9 Å². The molecule has 0 fully saturated rings. The van der Waals surface area contributed by atoms with Crippen molar-refractivity contribution >= 4 is 11.9 Å². The van der Waals surface area contributed by atoms with Crippen molar-refractivity contribution in [1.82, 2.24) is 20.2 Å². The fraction of sp³-hybridized carbons (Fsp3) is 0.375. The number of hydrogen-bond acceptors (Lipinski definition) is 6. The number of anilines is 1. The summed E-state index contributed by atoms with van der Waals surface area (Å²) in [7, 11) is 0. The number of aromatic nitrogens is 4. The predicted octanol–water partition coefficient (Wildman–Crippen LogP) is 2.30. The lowest BCUT2D eigenvalue weighted by atomic mass is 9.96. The van der Waals surface area contributed by atoms with Gasteiger partial charge < -0.3 is 10.1 Å². The largest absolute Gasteiger partial charge is 0.462 e. The van der Waals surface area contributed by atoms with E-state index in [0.29, 0.717) is 29.4 Å². The normalized spacial score (nSPS) is 16.8. The van der Waals surface area contributed by atoms with Crippen LogP contribution in [0.4, 0.5) is 10.3 Å². The van der Waals surface area contributed by atoms with Gasteiger partial charge in [-0.05, 0) is 41.0 Å². The van der Waals surface area contributed by atoms with Crippen LogP contribution in [0.3, 0.4) is 0 Å². The monoisotopic (exact) mass is 331 g/mol. The zero-order valence-corrected chi connectivity index (χ0v) is 13.7. The van der Waals surface area contributed by atoms with Crippen LogP contribution in [0.15, 0.2) is 35.5 Å². The van der Waals surface area contributed by atoms with Crippen molar-refractivity contribution < 1.29 is 13.9 Å². The molecule has 0 saturated heterocycles. The third-order valence-corrected chi connectivity index (χ3v) is 3.67. The summed E-state index contributed by atoms with van der Waals surface area (Å²) >= 11 is 0. The number of carbonyl (C=O) groups excluding carboxylic acids is 1. The maximum Gasteiger partial charge on any atom is 0.338 e. The smallest absolute Gasteiger partial charge is 0.338 e. The molecular formula is C16H18FN5O2. The molecule has 8 heteroatoms. The first-order chi connectivity index (χ1) is 11.5. The van der Waals surface area contributed by atoms with Crippen LogP contribution in [-0.2, 0) is 9.53 Å². The van der Waals surface area contributed by atoms with Gasteiger partial charge in [0.05, 0.1) is 12.2 Å². The van der Waals surface area contributed by atoms with Gasteiger partial charge in [-0.1, -0.05) is 31.1 Å². The van der Waals surface area contributed by atoms with E-state index in [1.807, 2.05) is 13.8 Å². The minimum absolute atomic E-state index is 0.222. The van der Waals surface area contributed by atoms with Crippen LogP contribution < -0.4 is 5.32 Å². The zero-order valence-electron chi connectivity index (χ0n) is 13.7. The summed E-state index contributed by atoms with van der Waals surface area (Å²) in [6.45, 7) is 6.00. The number of ether oxygens (including phenoxy) is 1. The van der Waals surface area contributed by atoms with Crippen molar-refractivity contribution in [1.29, 1.82) is 0 Å². The van der Waals surface area contributed by atoms with Gasteiger partial charge in [-0.2, -0.15) is 4.68 Å². The van der Waals surface area contributed by atoms with Gasteiger partial charge in [0.15, 0.2) is 0 Å². The fourth-order valence-electron chi connectivity index (χ4n) is 2.55. The van der Waals surface area contributed by atoms with E-state index < -0.39 is 12.0 Å². The highest BCUT2D eigenvalue weighted by Crippen LogP contribution is 2.34. The lowest BCUT2D eigenvalue weighted by molar-refractivity contribution is -0.140. The number of carbonyl (C=O) groups is 1. The second kappa shape index (κ2) is 6.38. The number of hydrogen-bond donors (Lipinski definition) is 1. The highest BCUT2D eigenvalue weighted by molar-refractivity contribution is 5.92. The first kappa shape index (κ1) is 16.1. The summed E-state index contributed by atoms with van der Waals surface area (Å²) in [4.78, 5) is 12.6. The molecule has 3 rings (SSSR count). The molecule has 1 N–H and O–H groups in total. The number of benzene rings is 1. The third kappa shape index (κ3) is 2.99. The molecule has 126 valence electrons. The van der Waals surface area contributed by atoms with Gasteiger partial charge >= 0.3 is 5.97 Å². The van der Waals surface area contributed by atoms with Crippen molar-refractivity contribution in [2.24, 2.45) is 5.92 Å². The van der Waals surface area contributed by atoms with E-state index in [4.69, 9.17) is 4.74 Å². The summed E-state index contributed by atoms with van der Waals surface area (Å²) in [5.74, 6) is -0.153. The van der Waals surface area contributed by atoms with Crippen molar-refractivity contribution in [3.63, 3.8) is 0 Å². The topological polar surface area (TPSA) is 81.9 Å². The standard InChI is InChI=1S/C16H18FN5O2/c1-9(2)8-24-15(23)13-10(3)18-16-19-20-21-22(16)14(13)11-4-6-12(17)7-5-11/h4-7,9,14H,8H2,1-3H3,(H,18,19,21). The van der Waals surface area contributed by atoms with E-state index in [0.717, 1.165) is 0 Å². The number of nitrogens with one attached hydrogen (secondary N) is 1. The Kier molecular flexibility index (Phi) is 4.28. The van der Waals surface area contributed by atoms with Crippen LogP contribution in [0.2, 0.25) is 0 Å². The lowest BCUT2D eigenvalue weighted by Crippen LogP contribution is -2.30. The Labute approximate surface area is 138 Å². The van der Waals surface area contributed by atoms with Crippen LogP contribution >= 0.6 is 0 Å². The summed E-state index contributed by atoms with van der Waals surface area (Å²) in [6.07, 6.45) is 0. The van der Waals surface area contributed by atoms with Crippen molar-refractivity contribution in [3.05, 3.63) is 46.9 Å². The molecule has 7 nitrogen and oxygen atoms in total. The maximum absolute atomic E-state index is 13.3. The van der Waals surface area contributed by atoms with Crippen molar-refractivity contribution in [3.8, 4) is 0 Å². The number of esters is 1. The highest BCUT2D eigenvalue weighted by atomic mass is 19.1. The minimum atomic E-state index is -0.573. The Hall–Kier alpha value is -2.77. The molecule has 0 amide bonds. The molecule has 1 aromatic carbocycles. The maximum atomic E-state index is 13.3. The molecule has 2 heterocycles. The number of tetrazole rings is 1. The molecule has 1 aliphatic rings. The molecule has 2 aromatic rings. The van der Waals surface area contributed by atoms with Gasteiger partial charge in [-0.3, -0.25) is 0 Å². The van der Waals surface area contributed by atoms with E-state index >= 15 is 0 Å². The molecule has 0 spiro atoms. The number of allylic oxidation sites excluding steroid dienone is 1. The van der Waals surface area contributed by atoms with Crippen LogP contribution in [0.25, 0.3) is 0 Å². The Morgan fingerprint density at radius 2 is 2.08 bits per heavy atom. The SMILES string of the molecule is CC1=C(C(=O)OCC(C)C)C(c2ccc(F)cc2)n2nnnc2N1. The van der Waals surface area contributed by atoms with Crippen molar-refractivity contribution in [2.45, 2.75) is 26.8 Å². The summed E-state index contributed by atoms with van der Waals surface area (Å²) in [5.41, 5.74) is 1.71. The molecule has 0 aliphatic carbocycles. The van der Waals surface area contributed by atoms with Gasteiger partial charge in [0.25, 0.3) is 0 Å². The molecule has 24 heavy (non-hydrogen) atoms. The van der Waals surface area contributed by atoms with E-state index in [1.165, 1.54) is 16.8 Å². The van der Waals surface area contributed by atoms with Gasteiger partial charge in [-0.15, -0.1) is 0 Å². The summed E-state index contributed by atoms with van der Waals surface area (Å²) in [5, 5.41) is 14.5. The van der Waals surface area contributed by atoms with E-state index in [9.17, 15) is 9.18 Å². The summed E-state index contributed by atoms with van der Waals surface area (Å²) < 4.78 is 20.1. The average Bonchev–Trinajstić information content (AvgIpc) is 3.00. The molecule has 1 aliphatic heterocycles. The van der Waals surface area contributed by atoms with E-state index in [1.54, 1.807) is 19.1 Å². The van der Waals surface area contributed by atoms with E-state index in [2.05, 4.69) is 20.8 Å². The summed E-state index contributed by atoms with van der Waals surface area (Å²) in [6, 6.07) is 5.33. The second-order valence-electron chi connectivity index (χ2n) is 6.06. The number of fused-ring (bicyclic) bond motifs is 1. The first-order valence-corrected chi connectivity index (χ1v) is 7.65. The minimum Gasteiger partial charge on any atom is -0.462 e. The molecule has 1 aromatic heterocycles. The molecule has 0 bridgehead atoms. The number of halogens is 1. The number of nitrogens with zero attached hydrogens (tertiary/aromatic N) is 4. The van der Waals surface area contributed by atoms with Gasteiger partial charge in [0.2, 0.25) is 5.95 Å². The van der Waals surface area contributed by atoms with Gasteiger partial charge in [0.1, 0.15) is 11.9 Å². The Balaban J connectivity index is 2.03. The zero-order chi connectivity index (χ0) is 17.3. The van der Waals surface area contributed by atoms with Crippen LogP contribution in [0, 0.1) is 11.7 Å². The predicted molar refractivity (Wildman–Crippen MR) is 84.5 cm³/mol. The fourth-order valence-corrected chi connectivity index (χ4v) is 2.55. The average molecular weight is 331 g/mol. The van der Waals surface area contributed by atoms with Crippen LogP contribution in [0.5, 0.6) is 0 Å². The molecule has 0 saturated carbocycles. The lowest BCUT2D eigenvalue weighted by Gasteiger charge is -2.27. The first-order valence-electron chi connectivity index (χ1n) is 7.65. The highest BCUT2D eigenvalue weighted by Gasteiger charge is 2.34. The van der Waals surface area contributed by atoms with E-state index in [-0.39, 0.29) is 11.7 Å². The van der Waals surface area contributed by atoms with Crippen LogP contribution in [-0.4, -0.2) is 32.8 Å². The van der Waals surface area contributed by atoms with Crippen LogP contribution in [0.1, 0.15) is 32.4 Å². The third-order valence-electron chi connectivity index (χ3n) is 3.67. The Bertz CT molecular complexity index is 782. The second-order valence-corrected chi connectivity index (χ2v) is 6.06. The molecule has 1 atom stereocenters.